The van der Waals surface area contributed by atoms with Crippen molar-refractivity contribution in [3.63, 3.8) is 0 Å². The highest BCUT2D eigenvalue weighted by atomic mass is 19.1. The van der Waals surface area contributed by atoms with Gasteiger partial charge in [-0.1, -0.05) is 29.8 Å². The molecule has 2 amide bonds. The van der Waals surface area contributed by atoms with Crippen LogP contribution in [0.4, 0.5) is 14.9 Å². The predicted octanol–water partition coefficient (Wildman–Crippen LogP) is 3.72. The molecule has 0 bridgehead atoms. The number of aryl methyl sites for hydroxylation is 1. The lowest BCUT2D eigenvalue weighted by molar-refractivity contribution is 0.251. The van der Waals surface area contributed by atoms with Crippen molar-refractivity contribution in [1.29, 1.82) is 0 Å². The first-order valence-corrected chi connectivity index (χ1v) is 8.05. The molecule has 2 N–H and O–H groups in total. The molecule has 1 aliphatic rings. The fourth-order valence-electron chi connectivity index (χ4n) is 3.20. The van der Waals surface area contributed by atoms with Gasteiger partial charge in [-0.15, -0.1) is 0 Å². The van der Waals surface area contributed by atoms with Crippen molar-refractivity contribution in [3.05, 3.63) is 71.9 Å². The molecule has 126 valence electrons. The standard InChI is InChI=1S/C19H17FN4O/c1-12-5-7-13(8-6-12)23-19(25)22-10-17-18-14(3-2-4-15(18)20)16-9-21-11-24(16)17/h2-9,11,17H,10H2,1H3,(H2,22,23,25). The minimum absolute atomic E-state index is 0.271. The summed E-state index contributed by atoms with van der Waals surface area (Å²) in [6, 6.07) is 11.9. The number of hydrogen-bond donors (Lipinski definition) is 2. The van der Waals surface area contributed by atoms with Gasteiger partial charge >= 0.3 is 6.03 Å². The molecule has 0 aliphatic carbocycles. The Morgan fingerprint density at radius 2 is 2.04 bits per heavy atom. The van der Waals surface area contributed by atoms with Gasteiger partial charge in [0.15, 0.2) is 0 Å². The number of amides is 2. The zero-order valence-electron chi connectivity index (χ0n) is 13.7. The Morgan fingerprint density at radius 3 is 2.84 bits per heavy atom. The third-order valence-electron chi connectivity index (χ3n) is 4.43. The lowest BCUT2D eigenvalue weighted by Crippen LogP contribution is -2.33. The van der Waals surface area contributed by atoms with Crippen molar-refractivity contribution in [2.24, 2.45) is 0 Å². The molecule has 0 saturated carbocycles. The first-order chi connectivity index (χ1) is 12.1. The molecule has 0 spiro atoms. The minimum Gasteiger partial charge on any atom is -0.335 e. The van der Waals surface area contributed by atoms with Crippen LogP contribution >= 0.6 is 0 Å². The molecule has 2 heterocycles. The molecule has 0 radical (unpaired) electrons. The molecule has 3 aromatic rings. The van der Waals surface area contributed by atoms with Crippen molar-refractivity contribution in [3.8, 4) is 11.3 Å². The molecule has 1 atom stereocenters. The topological polar surface area (TPSA) is 59.0 Å². The summed E-state index contributed by atoms with van der Waals surface area (Å²) >= 11 is 0. The summed E-state index contributed by atoms with van der Waals surface area (Å²) in [5, 5.41) is 5.60. The number of fused-ring (bicyclic) bond motifs is 3. The molecule has 1 unspecified atom stereocenters. The minimum atomic E-state index is -0.324. The molecule has 0 saturated heterocycles. The maximum atomic E-state index is 14.3. The van der Waals surface area contributed by atoms with Gasteiger partial charge in [0.25, 0.3) is 0 Å². The number of rotatable bonds is 3. The van der Waals surface area contributed by atoms with Gasteiger partial charge in [0.1, 0.15) is 5.82 Å². The second-order valence-corrected chi connectivity index (χ2v) is 6.10. The van der Waals surface area contributed by atoms with Crippen molar-refractivity contribution in [2.45, 2.75) is 13.0 Å². The van der Waals surface area contributed by atoms with E-state index in [2.05, 4.69) is 15.6 Å². The molecule has 4 rings (SSSR count). The molecular weight excluding hydrogens is 319 g/mol. The highest BCUT2D eigenvalue weighted by Crippen LogP contribution is 2.40. The SMILES string of the molecule is Cc1ccc(NC(=O)NCC2c3c(F)cccc3-c3cncn32)cc1. The molecule has 6 heteroatoms. The Labute approximate surface area is 144 Å². The summed E-state index contributed by atoms with van der Waals surface area (Å²) in [7, 11) is 0. The van der Waals surface area contributed by atoms with E-state index in [1.54, 1.807) is 18.6 Å². The van der Waals surface area contributed by atoms with Crippen LogP contribution in [0.25, 0.3) is 11.3 Å². The second kappa shape index (κ2) is 6.05. The van der Waals surface area contributed by atoms with E-state index >= 15 is 0 Å². The van der Waals surface area contributed by atoms with E-state index in [0.29, 0.717) is 11.3 Å². The van der Waals surface area contributed by atoms with Crippen LogP contribution in [0.3, 0.4) is 0 Å². The predicted molar refractivity (Wildman–Crippen MR) is 94.0 cm³/mol. The van der Waals surface area contributed by atoms with E-state index in [0.717, 1.165) is 16.8 Å². The number of benzene rings is 2. The van der Waals surface area contributed by atoms with Gasteiger partial charge in [-0.25, -0.2) is 14.2 Å². The Kier molecular flexibility index (Phi) is 3.72. The van der Waals surface area contributed by atoms with Crippen LogP contribution in [0.2, 0.25) is 0 Å². The summed E-state index contributed by atoms with van der Waals surface area (Å²) in [4.78, 5) is 16.3. The van der Waals surface area contributed by atoms with Gasteiger partial charge in [-0.05, 0) is 25.1 Å². The number of urea groups is 1. The second-order valence-electron chi connectivity index (χ2n) is 6.10. The van der Waals surface area contributed by atoms with Crippen molar-refractivity contribution >= 4 is 11.7 Å². The number of halogens is 1. The van der Waals surface area contributed by atoms with Crippen LogP contribution in [-0.4, -0.2) is 22.1 Å². The lowest BCUT2D eigenvalue weighted by Gasteiger charge is -2.16. The van der Waals surface area contributed by atoms with E-state index in [-0.39, 0.29) is 24.4 Å². The Balaban J connectivity index is 1.50. The van der Waals surface area contributed by atoms with Gasteiger partial charge in [-0.3, -0.25) is 0 Å². The molecule has 1 aliphatic heterocycles. The monoisotopic (exact) mass is 336 g/mol. The summed E-state index contributed by atoms with van der Waals surface area (Å²) in [5.74, 6) is -0.271. The average molecular weight is 336 g/mol. The van der Waals surface area contributed by atoms with Gasteiger partial charge < -0.3 is 15.2 Å². The number of nitrogens with one attached hydrogen (secondary N) is 2. The molecule has 2 aromatic carbocycles. The van der Waals surface area contributed by atoms with Crippen LogP contribution in [0.15, 0.2) is 55.0 Å². The third-order valence-corrected chi connectivity index (χ3v) is 4.43. The highest BCUT2D eigenvalue weighted by molar-refractivity contribution is 5.89. The first-order valence-electron chi connectivity index (χ1n) is 8.05. The third kappa shape index (κ3) is 2.76. The average Bonchev–Trinajstić information content (AvgIpc) is 3.17. The van der Waals surface area contributed by atoms with Crippen molar-refractivity contribution in [1.82, 2.24) is 14.9 Å². The smallest absolute Gasteiger partial charge is 0.319 e. The number of carbonyl (C=O) groups is 1. The summed E-state index contributed by atoms with van der Waals surface area (Å²) in [5.41, 5.74) is 4.11. The quantitative estimate of drug-likeness (QED) is 0.766. The van der Waals surface area contributed by atoms with Gasteiger partial charge in [0.2, 0.25) is 0 Å². The molecule has 0 fully saturated rings. The number of carbonyl (C=O) groups excluding carboxylic acids is 1. The molecule has 1 aromatic heterocycles. The van der Waals surface area contributed by atoms with E-state index in [1.807, 2.05) is 41.8 Å². The van der Waals surface area contributed by atoms with E-state index in [1.165, 1.54) is 6.07 Å². The molecular formula is C19H17FN4O. The molecule has 5 nitrogen and oxygen atoms in total. The lowest BCUT2D eigenvalue weighted by atomic mass is 10.0. The molecule has 25 heavy (non-hydrogen) atoms. The number of anilines is 1. The van der Waals surface area contributed by atoms with Crippen LogP contribution in [0.1, 0.15) is 17.2 Å². The number of imidazole rings is 1. The number of nitrogens with zero attached hydrogens (tertiary/aromatic N) is 2. The largest absolute Gasteiger partial charge is 0.335 e. The summed E-state index contributed by atoms with van der Waals surface area (Å²) in [6.07, 6.45) is 3.38. The van der Waals surface area contributed by atoms with Gasteiger partial charge in [0.05, 0.1) is 24.3 Å². The Morgan fingerprint density at radius 1 is 1.24 bits per heavy atom. The van der Waals surface area contributed by atoms with Crippen LogP contribution in [-0.2, 0) is 0 Å². The fourth-order valence-corrected chi connectivity index (χ4v) is 3.20. The first kappa shape index (κ1) is 15.4. The van der Waals surface area contributed by atoms with E-state index < -0.39 is 0 Å². The fraction of sp³-hybridized carbons (Fsp3) is 0.158. The number of aromatic nitrogens is 2. The summed E-state index contributed by atoms with van der Waals surface area (Å²) in [6.45, 7) is 2.26. The van der Waals surface area contributed by atoms with Gasteiger partial charge in [0, 0.05) is 23.4 Å². The van der Waals surface area contributed by atoms with Crippen LogP contribution in [0, 0.1) is 12.7 Å². The number of hydrogen-bond acceptors (Lipinski definition) is 2. The van der Waals surface area contributed by atoms with Crippen molar-refractivity contribution in [2.75, 3.05) is 11.9 Å². The Hall–Kier alpha value is -3.15. The van der Waals surface area contributed by atoms with Crippen LogP contribution in [0.5, 0.6) is 0 Å². The normalized spacial score (nSPS) is 14.7. The van der Waals surface area contributed by atoms with E-state index in [4.69, 9.17) is 0 Å². The Bertz CT molecular complexity index is 933. The van der Waals surface area contributed by atoms with Gasteiger partial charge in [-0.2, -0.15) is 0 Å². The zero-order chi connectivity index (χ0) is 17.4. The zero-order valence-corrected chi connectivity index (χ0v) is 13.7. The summed E-state index contributed by atoms with van der Waals surface area (Å²) < 4.78 is 16.2. The van der Waals surface area contributed by atoms with Crippen molar-refractivity contribution < 1.29 is 9.18 Å². The highest BCUT2D eigenvalue weighted by Gasteiger charge is 2.31. The van der Waals surface area contributed by atoms with E-state index in [9.17, 15) is 9.18 Å². The maximum absolute atomic E-state index is 14.3. The van der Waals surface area contributed by atoms with Crippen LogP contribution < -0.4 is 10.6 Å². The maximum Gasteiger partial charge on any atom is 0.319 e.